The van der Waals surface area contributed by atoms with E-state index in [1.807, 2.05) is 6.07 Å². The van der Waals surface area contributed by atoms with E-state index in [0.29, 0.717) is 24.5 Å². The lowest BCUT2D eigenvalue weighted by molar-refractivity contribution is -0.142. The number of amides is 1. The van der Waals surface area contributed by atoms with Crippen LogP contribution in [0.3, 0.4) is 0 Å². The lowest BCUT2D eigenvalue weighted by atomic mass is 10.1. The topological polar surface area (TPSA) is 75.5 Å². The first-order valence-corrected chi connectivity index (χ1v) is 7.33. The first-order valence-electron chi connectivity index (χ1n) is 7.33. The van der Waals surface area contributed by atoms with E-state index in [9.17, 15) is 9.18 Å². The van der Waals surface area contributed by atoms with Gasteiger partial charge in [0.15, 0.2) is 18.2 Å². The van der Waals surface area contributed by atoms with E-state index in [0.717, 1.165) is 0 Å². The molecule has 1 amide bonds. The first-order chi connectivity index (χ1) is 11.7. The Morgan fingerprint density at radius 1 is 1.38 bits per heavy atom. The van der Waals surface area contributed by atoms with Crippen molar-refractivity contribution in [1.82, 2.24) is 9.88 Å². The number of nitrogens with zero attached hydrogens (tertiary/aromatic N) is 3. The molecule has 1 aromatic carbocycles. The summed E-state index contributed by atoms with van der Waals surface area (Å²) in [5.74, 6) is -0.333. The molecule has 1 aromatic heterocycles. The number of halogens is 1. The monoisotopic (exact) mass is 327 g/mol. The van der Waals surface area contributed by atoms with Gasteiger partial charge in [0.2, 0.25) is 5.88 Å². The van der Waals surface area contributed by atoms with Crippen molar-refractivity contribution >= 4 is 5.91 Å². The average molecular weight is 327 g/mol. The SMILES string of the molecule is N#Cc1ccnc(OC2CN(C(=O)COc3ccccc3F)C2)c1. The summed E-state index contributed by atoms with van der Waals surface area (Å²) in [6.07, 6.45) is 1.32. The summed E-state index contributed by atoms with van der Waals surface area (Å²) in [5, 5.41) is 8.83. The number of benzene rings is 1. The molecule has 6 nitrogen and oxygen atoms in total. The van der Waals surface area contributed by atoms with Gasteiger partial charge >= 0.3 is 0 Å². The fraction of sp³-hybridized carbons (Fsp3) is 0.235. The molecule has 0 atom stereocenters. The number of likely N-dealkylation sites (tertiary alicyclic amines) is 1. The maximum atomic E-state index is 13.4. The molecule has 122 valence electrons. The molecule has 0 radical (unpaired) electrons. The van der Waals surface area contributed by atoms with E-state index in [1.54, 1.807) is 29.2 Å². The zero-order chi connectivity index (χ0) is 16.9. The van der Waals surface area contributed by atoms with Crippen molar-refractivity contribution in [3.05, 3.63) is 54.0 Å². The molecule has 24 heavy (non-hydrogen) atoms. The molecule has 1 saturated heterocycles. The van der Waals surface area contributed by atoms with E-state index in [4.69, 9.17) is 14.7 Å². The molecule has 0 bridgehead atoms. The maximum Gasteiger partial charge on any atom is 0.260 e. The zero-order valence-electron chi connectivity index (χ0n) is 12.7. The van der Waals surface area contributed by atoms with Crippen LogP contribution in [0.5, 0.6) is 11.6 Å². The van der Waals surface area contributed by atoms with Crippen LogP contribution in [0.2, 0.25) is 0 Å². The average Bonchev–Trinajstić information content (AvgIpc) is 2.57. The second-order valence-electron chi connectivity index (χ2n) is 5.25. The number of carbonyl (C=O) groups is 1. The minimum Gasteiger partial charge on any atom is -0.481 e. The normalized spacial score (nSPS) is 13.8. The Balaban J connectivity index is 1.45. The number of para-hydroxylation sites is 1. The van der Waals surface area contributed by atoms with Gasteiger partial charge in [-0.1, -0.05) is 12.1 Å². The summed E-state index contributed by atoms with van der Waals surface area (Å²) in [6.45, 7) is 0.575. The maximum absolute atomic E-state index is 13.4. The Labute approximate surface area is 138 Å². The molecular formula is C17H14FN3O3. The van der Waals surface area contributed by atoms with Gasteiger partial charge in [0.05, 0.1) is 24.7 Å². The molecule has 0 N–H and O–H groups in total. The third-order valence-electron chi connectivity index (χ3n) is 3.54. The lowest BCUT2D eigenvalue weighted by Gasteiger charge is -2.38. The van der Waals surface area contributed by atoms with Crippen molar-refractivity contribution in [1.29, 1.82) is 5.26 Å². The third-order valence-corrected chi connectivity index (χ3v) is 3.54. The Kier molecular flexibility index (Phi) is 4.57. The molecule has 1 aliphatic rings. The predicted octanol–water partition coefficient (Wildman–Crippen LogP) is 1.76. The predicted molar refractivity (Wildman–Crippen MR) is 81.8 cm³/mol. The van der Waals surface area contributed by atoms with Gasteiger partial charge in [0, 0.05) is 12.3 Å². The fourth-order valence-corrected chi connectivity index (χ4v) is 2.22. The van der Waals surface area contributed by atoms with E-state index in [1.165, 1.54) is 18.3 Å². The Hall–Kier alpha value is -3.14. The summed E-state index contributed by atoms with van der Waals surface area (Å²) in [4.78, 5) is 17.5. The van der Waals surface area contributed by atoms with Crippen LogP contribution in [-0.2, 0) is 4.79 Å². The Morgan fingerprint density at radius 3 is 2.92 bits per heavy atom. The van der Waals surface area contributed by atoms with Crippen molar-refractivity contribution < 1.29 is 18.7 Å². The molecular weight excluding hydrogens is 313 g/mol. The minimum atomic E-state index is -0.501. The summed E-state index contributed by atoms with van der Waals surface area (Å²) in [6, 6.07) is 11.1. The molecule has 7 heteroatoms. The number of carbonyl (C=O) groups excluding carboxylic acids is 1. The molecule has 0 saturated carbocycles. The van der Waals surface area contributed by atoms with E-state index < -0.39 is 5.82 Å². The van der Waals surface area contributed by atoms with Crippen molar-refractivity contribution in [2.75, 3.05) is 19.7 Å². The standard InChI is InChI=1S/C17H14FN3O3/c18-14-3-1-2-4-15(14)23-11-17(22)21-9-13(10-21)24-16-7-12(8-19)5-6-20-16/h1-7,13H,9-11H2. The number of ether oxygens (including phenoxy) is 2. The fourth-order valence-electron chi connectivity index (χ4n) is 2.22. The number of pyridine rings is 1. The molecule has 2 heterocycles. The molecule has 1 fully saturated rings. The van der Waals surface area contributed by atoms with Gasteiger partial charge in [0.1, 0.15) is 6.10 Å². The minimum absolute atomic E-state index is 0.0525. The second kappa shape index (κ2) is 6.96. The number of rotatable bonds is 5. The molecule has 0 unspecified atom stereocenters. The van der Waals surface area contributed by atoms with Crippen molar-refractivity contribution in [3.63, 3.8) is 0 Å². The van der Waals surface area contributed by atoms with Crippen molar-refractivity contribution in [2.45, 2.75) is 6.10 Å². The molecule has 0 spiro atoms. The highest BCUT2D eigenvalue weighted by molar-refractivity contribution is 5.78. The van der Waals surface area contributed by atoms with Crippen LogP contribution in [0.25, 0.3) is 0 Å². The molecule has 1 aliphatic heterocycles. The number of nitriles is 1. The highest BCUT2D eigenvalue weighted by Gasteiger charge is 2.32. The van der Waals surface area contributed by atoms with Gasteiger partial charge in [-0.3, -0.25) is 4.79 Å². The number of aromatic nitrogens is 1. The smallest absolute Gasteiger partial charge is 0.260 e. The summed E-state index contributed by atoms with van der Waals surface area (Å²) in [7, 11) is 0. The third kappa shape index (κ3) is 3.60. The van der Waals surface area contributed by atoms with Gasteiger partial charge in [-0.15, -0.1) is 0 Å². The molecule has 3 rings (SSSR count). The van der Waals surface area contributed by atoms with Gasteiger partial charge in [-0.05, 0) is 18.2 Å². The van der Waals surface area contributed by atoms with E-state index in [2.05, 4.69) is 4.98 Å². The summed E-state index contributed by atoms with van der Waals surface area (Å²) < 4.78 is 24.2. The van der Waals surface area contributed by atoms with Crippen LogP contribution in [0.15, 0.2) is 42.6 Å². The number of hydrogen-bond acceptors (Lipinski definition) is 5. The van der Waals surface area contributed by atoms with Crippen molar-refractivity contribution in [3.8, 4) is 17.7 Å². The van der Waals surface area contributed by atoms with Gasteiger partial charge in [-0.2, -0.15) is 5.26 Å². The van der Waals surface area contributed by atoms with Crippen LogP contribution >= 0.6 is 0 Å². The van der Waals surface area contributed by atoms with E-state index >= 15 is 0 Å². The molecule has 2 aromatic rings. The second-order valence-corrected chi connectivity index (χ2v) is 5.25. The largest absolute Gasteiger partial charge is 0.481 e. The highest BCUT2D eigenvalue weighted by atomic mass is 19.1. The lowest BCUT2D eigenvalue weighted by Crippen LogP contribution is -2.57. The van der Waals surface area contributed by atoms with Crippen LogP contribution in [0.1, 0.15) is 5.56 Å². The van der Waals surface area contributed by atoms with E-state index in [-0.39, 0.29) is 24.4 Å². The molecule has 0 aliphatic carbocycles. The van der Waals surface area contributed by atoms with Gasteiger partial charge < -0.3 is 14.4 Å². The first kappa shape index (κ1) is 15.7. The summed E-state index contributed by atoms with van der Waals surface area (Å²) >= 11 is 0. The van der Waals surface area contributed by atoms with Crippen LogP contribution < -0.4 is 9.47 Å². The quantitative estimate of drug-likeness (QED) is 0.836. The van der Waals surface area contributed by atoms with Crippen LogP contribution in [0.4, 0.5) is 4.39 Å². The zero-order valence-corrected chi connectivity index (χ0v) is 12.7. The summed E-state index contributed by atoms with van der Waals surface area (Å²) in [5.41, 5.74) is 0.463. The Morgan fingerprint density at radius 2 is 2.17 bits per heavy atom. The van der Waals surface area contributed by atoms with Crippen LogP contribution in [0, 0.1) is 17.1 Å². The van der Waals surface area contributed by atoms with Gasteiger partial charge in [-0.25, -0.2) is 9.37 Å². The van der Waals surface area contributed by atoms with Crippen molar-refractivity contribution in [2.24, 2.45) is 0 Å². The van der Waals surface area contributed by atoms with Crippen LogP contribution in [-0.4, -0.2) is 41.6 Å². The Bertz CT molecular complexity index is 785. The number of hydrogen-bond donors (Lipinski definition) is 0. The highest BCUT2D eigenvalue weighted by Crippen LogP contribution is 2.18. The van der Waals surface area contributed by atoms with Gasteiger partial charge in [0.25, 0.3) is 5.91 Å².